The molecule has 1 heterocycles. The maximum absolute atomic E-state index is 13.0. The summed E-state index contributed by atoms with van der Waals surface area (Å²) in [5.41, 5.74) is 1.91. The molecule has 0 unspecified atom stereocenters. The number of hydrogen-bond acceptors (Lipinski definition) is 4. The second-order valence-corrected chi connectivity index (χ2v) is 5.60. The highest BCUT2D eigenvalue weighted by atomic mass is 35.5. The number of carbonyl (C=O) groups is 1. The van der Waals surface area contributed by atoms with E-state index in [2.05, 4.69) is 0 Å². The van der Waals surface area contributed by atoms with Crippen LogP contribution < -0.4 is 4.74 Å². The molecule has 0 amide bonds. The first kappa shape index (κ1) is 16.3. The third kappa shape index (κ3) is 3.51. The number of fused-ring (bicyclic) bond motifs is 1. The van der Waals surface area contributed by atoms with Crippen molar-refractivity contribution in [2.75, 3.05) is 7.11 Å². The highest BCUT2D eigenvalue weighted by Crippen LogP contribution is 2.26. The average Bonchev–Trinajstić information content (AvgIpc) is 2.96. The van der Waals surface area contributed by atoms with Crippen LogP contribution in [0.15, 0.2) is 47.1 Å². The number of carbonyl (C=O) groups excluding carboxylic acids is 1. The maximum atomic E-state index is 13.0. The summed E-state index contributed by atoms with van der Waals surface area (Å²) in [6, 6.07) is 9.32. The van der Waals surface area contributed by atoms with Crippen LogP contribution in [0.5, 0.6) is 5.75 Å². The minimum absolute atomic E-state index is 0.0123. The summed E-state index contributed by atoms with van der Waals surface area (Å²) in [6.07, 6.45) is 1.59. The molecule has 0 bridgehead atoms. The Balaban J connectivity index is 1.66. The number of rotatable bonds is 5. The molecule has 0 saturated carbocycles. The number of benzene rings is 2. The van der Waals surface area contributed by atoms with E-state index >= 15 is 0 Å². The molecular weight excluding hydrogens is 335 g/mol. The quantitative estimate of drug-likeness (QED) is 0.636. The Morgan fingerprint density at radius 1 is 1.21 bits per heavy atom. The standard InChI is InChI=1S/C18H14ClFO4/c1-22-14-4-5-15-12(10-23-17(15)8-14)6-18(21)24-9-11-2-3-13(20)7-16(11)19/h2-5,7-8,10H,6,9H2,1H3. The number of hydrogen-bond donors (Lipinski definition) is 0. The lowest BCUT2D eigenvalue weighted by Crippen LogP contribution is -2.08. The lowest BCUT2D eigenvalue weighted by molar-refractivity contribution is -0.144. The Morgan fingerprint density at radius 3 is 2.79 bits per heavy atom. The van der Waals surface area contributed by atoms with E-state index in [-0.39, 0.29) is 18.1 Å². The van der Waals surface area contributed by atoms with Crippen LogP contribution in [-0.2, 0) is 22.6 Å². The summed E-state index contributed by atoms with van der Waals surface area (Å²) in [5.74, 6) is -0.179. The Hall–Kier alpha value is -2.53. The molecule has 0 saturated heterocycles. The second-order valence-electron chi connectivity index (χ2n) is 5.20. The van der Waals surface area contributed by atoms with Crippen LogP contribution in [-0.4, -0.2) is 13.1 Å². The van der Waals surface area contributed by atoms with Crippen LogP contribution in [0.2, 0.25) is 5.02 Å². The first-order valence-corrected chi connectivity index (χ1v) is 7.58. The summed E-state index contributed by atoms with van der Waals surface area (Å²) in [4.78, 5) is 12.0. The maximum Gasteiger partial charge on any atom is 0.310 e. The van der Waals surface area contributed by atoms with Gasteiger partial charge in [0.2, 0.25) is 0 Å². The van der Waals surface area contributed by atoms with E-state index in [1.807, 2.05) is 6.07 Å². The number of furan rings is 1. The van der Waals surface area contributed by atoms with Crippen LogP contribution in [0.1, 0.15) is 11.1 Å². The van der Waals surface area contributed by atoms with Crippen LogP contribution in [0, 0.1) is 5.82 Å². The van der Waals surface area contributed by atoms with Gasteiger partial charge in [-0.2, -0.15) is 0 Å². The Bertz CT molecular complexity index is 888. The van der Waals surface area contributed by atoms with Gasteiger partial charge in [-0.1, -0.05) is 17.7 Å². The van der Waals surface area contributed by atoms with E-state index < -0.39 is 11.8 Å². The number of ether oxygens (including phenoxy) is 2. The van der Waals surface area contributed by atoms with E-state index in [9.17, 15) is 9.18 Å². The van der Waals surface area contributed by atoms with E-state index in [1.54, 1.807) is 19.2 Å². The third-order valence-corrected chi connectivity index (χ3v) is 3.95. The Kier molecular flexibility index (Phi) is 4.71. The van der Waals surface area contributed by atoms with Gasteiger partial charge in [0.1, 0.15) is 23.8 Å². The largest absolute Gasteiger partial charge is 0.497 e. The van der Waals surface area contributed by atoms with Gasteiger partial charge >= 0.3 is 5.97 Å². The summed E-state index contributed by atoms with van der Waals surface area (Å²) >= 11 is 5.90. The van der Waals surface area contributed by atoms with Crippen LogP contribution in [0.4, 0.5) is 4.39 Å². The van der Waals surface area contributed by atoms with Gasteiger partial charge < -0.3 is 13.9 Å². The Labute approximate surface area is 142 Å². The fraction of sp³-hybridized carbons (Fsp3) is 0.167. The van der Waals surface area contributed by atoms with Gasteiger partial charge in [-0.05, 0) is 24.3 Å². The molecule has 3 aromatic rings. The van der Waals surface area contributed by atoms with Crippen LogP contribution in [0.3, 0.4) is 0 Å². The third-order valence-electron chi connectivity index (χ3n) is 3.60. The minimum Gasteiger partial charge on any atom is -0.497 e. The molecule has 24 heavy (non-hydrogen) atoms. The van der Waals surface area contributed by atoms with Gasteiger partial charge in [0.05, 0.1) is 24.8 Å². The summed E-state index contributed by atoms with van der Waals surface area (Å²) in [6.45, 7) is -0.0123. The predicted octanol–water partition coefficient (Wildman–Crippen LogP) is 4.52. The molecule has 0 fully saturated rings. The lowest BCUT2D eigenvalue weighted by atomic mass is 10.1. The van der Waals surface area contributed by atoms with Crippen molar-refractivity contribution in [2.45, 2.75) is 13.0 Å². The normalized spacial score (nSPS) is 10.8. The molecule has 0 spiro atoms. The molecule has 1 aromatic heterocycles. The molecule has 3 rings (SSSR count). The van der Waals surface area contributed by atoms with E-state index in [0.29, 0.717) is 16.9 Å². The molecular formula is C18H14ClFO4. The van der Waals surface area contributed by atoms with Gasteiger partial charge in [0.15, 0.2) is 0 Å². The summed E-state index contributed by atoms with van der Waals surface area (Å²) in [7, 11) is 1.57. The smallest absolute Gasteiger partial charge is 0.310 e. The monoisotopic (exact) mass is 348 g/mol. The van der Waals surface area contributed by atoms with Crippen LogP contribution in [0.25, 0.3) is 11.0 Å². The number of halogens is 2. The number of esters is 1. The first-order chi connectivity index (χ1) is 11.6. The second kappa shape index (κ2) is 6.93. The van der Waals surface area contributed by atoms with Gasteiger partial charge in [-0.15, -0.1) is 0 Å². The topological polar surface area (TPSA) is 48.7 Å². The Morgan fingerprint density at radius 2 is 2.04 bits per heavy atom. The first-order valence-electron chi connectivity index (χ1n) is 7.20. The van der Waals surface area contributed by atoms with Crippen molar-refractivity contribution >= 4 is 28.5 Å². The zero-order valence-electron chi connectivity index (χ0n) is 12.8. The van der Waals surface area contributed by atoms with Gasteiger partial charge in [-0.3, -0.25) is 4.79 Å². The molecule has 0 aliphatic carbocycles. The molecule has 4 nitrogen and oxygen atoms in total. The highest BCUT2D eigenvalue weighted by molar-refractivity contribution is 6.31. The molecule has 2 aromatic carbocycles. The van der Waals surface area contributed by atoms with Gasteiger partial charge in [-0.25, -0.2) is 4.39 Å². The van der Waals surface area contributed by atoms with Gasteiger partial charge in [0.25, 0.3) is 0 Å². The van der Waals surface area contributed by atoms with Crippen molar-refractivity contribution in [3.63, 3.8) is 0 Å². The molecule has 124 valence electrons. The summed E-state index contributed by atoms with van der Waals surface area (Å²) < 4.78 is 28.8. The zero-order valence-corrected chi connectivity index (χ0v) is 13.6. The van der Waals surface area contributed by atoms with Crippen molar-refractivity contribution in [2.24, 2.45) is 0 Å². The molecule has 0 aliphatic heterocycles. The van der Waals surface area contributed by atoms with E-state index in [4.69, 9.17) is 25.5 Å². The van der Waals surface area contributed by atoms with Crippen LogP contribution >= 0.6 is 11.6 Å². The highest BCUT2D eigenvalue weighted by Gasteiger charge is 2.13. The molecule has 0 aliphatic rings. The molecule has 6 heteroatoms. The summed E-state index contributed by atoms with van der Waals surface area (Å²) in [5, 5.41) is 1.05. The van der Waals surface area contributed by atoms with Crippen molar-refractivity contribution in [3.05, 3.63) is 64.6 Å². The number of methoxy groups -OCH3 is 1. The molecule has 0 radical (unpaired) electrons. The van der Waals surface area contributed by atoms with Crippen molar-refractivity contribution in [1.29, 1.82) is 0 Å². The van der Waals surface area contributed by atoms with Crippen molar-refractivity contribution in [1.82, 2.24) is 0 Å². The molecule has 0 N–H and O–H groups in total. The fourth-order valence-electron chi connectivity index (χ4n) is 2.33. The van der Waals surface area contributed by atoms with Gasteiger partial charge in [0, 0.05) is 22.6 Å². The lowest BCUT2D eigenvalue weighted by Gasteiger charge is -2.06. The zero-order chi connectivity index (χ0) is 17.1. The predicted molar refractivity (Wildman–Crippen MR) is 87.7 cm³/mol. The molecule has 0 atom stereocenters. The SMILES string of the molecule is COc1ccc2c(CC(=O)OCc3ccc(F)cc3Cl)coc2c1. The van der Waals surface area contributed by atoms with Crippen molar-refractivity contribution < 1.29 is 23.1 Å². The van der Waals surface area contributed by atoms with E-state index in [0.717, 1.165) is 10.9 Å². The minimum atomic E-state index is -0.435. The fourth-order valence-corrected chi connectivity index (χ4v) is 2.55. The average molecular weight is 349 g/mol. The van der Waals surface area contributed by atoms with E-state index in [1.165, 1.54) is 24.5 Å². The van der Waals surface area contributed by atoms with Crippen molar-refractivity contribution in [3.8, 4) is 5.75 Å².